The Labute approximate surface area is 153 Å². The van der Waals surface area contributed by atoms with E-state index in [4.69, 9.17) is 15.2 Å². The molecule has 1 saturated heterocycles. The molecule has 1 aromatic rings. The zero-order valence-corrected chi connectivity index (χ0v) is 15.6. The van der Waals surface area contributed by atoms with Gasteiger partial charge in [0.1, 0.15) is 17.9 Å². The fourth-order valence-corrected chi connectivity index (χ4v) is 3.13. The van der Waals surface area contributed by atoms with Gasteiger partial charge in [-0.15, -0.1) is 0 Å². The number of carbonyl (C=O) groups excluding carboxylic acids is 2. The average molecular weight is 361 g/mol. The van der Waals surface area contributed by atoms with Gasteiger partial charge in [-0.25, -0.2) is 0 Å². The zero-order chi connectivity index (χ0) is 18.9. The topological polar surface area (TPSA) is 93.9 Å². The Morgan fingerprint density at radius 3 is 2.54 bits per heavy atom. The van der Waals surface area contributed by atoms with E-state index < -0.39 is 11.0 Å². The summed E-state index contributed by atoms with van der Waals surface area (Å²) >= 11 is 0. The van der Waals surface area contributed by atoms with Crippen LogP contribution in [-0.2, 0) is 14.3 Å². The van der Waals surface area contributed by atoms with E-state index in [9.17, 15) is 9.59 Å². The van der Waals surface area contributed by atoms with Crippen molar-refractivity contribution in [3.8, 4) is 5.75 Å². The smallest absolute Gasteiger partial charge is 0.244 e. The average Bonchev–Trinajstić information content (AvgIpc) is 2.60. The molecular weight excluding hydrogens is 334 g/mol. The second-order valence-electron chi connectivity index (χ2n) is 7.96. The Bertz CT molecular complexity index is 705. The van der Waals surface area contributed by atoms with Gasteiger partial charge in [0, 0.05) is 24.3 Å². The molecular formula is C19H27N3O4. The third-order valence-corrected chi connectivity index (χ3v) is 4.80. The van der Waals surface area contributed by atoms with Crippen LogP contribution in [0.1, 0.15) is 33.6 Å². The molecule has 0 radical (unpaired) electrons. The van der Waals surface area contributed by atoms with Gasteiger partial charge in [-0.2, -0.15) is 0 Å². The maximum Gasteiger partial charge on any atom is 0.244 e. The van der Waals surface area contributed by atoms with Gasteiger partial charge >= 0.3 is 0 Å². The molecule has 142 valence electrons. The number of hydrogen-bond donors (Lipinski definition) is 2. The molecule has 2 aliphatic heterocycles. The number of fused-ring (bicyclic) bond motifs is 1. The number of hydrogen-bond acceptors (Lipinski definition) is 5. The van der Waals surface area contributed by atoms with Crippen LogP contribution in [0.2, 0.25) is 0 Å². The molecule has 26 heavy (non-hydrogen) atoms. The third kappa shape index (κ3) is 3.68. The summed E-state index contributed by atoms with van der Waals surface area (Å²) in [6.07, 6.45) is 0.975. The van der Waals surface area contributed by atoms with Crippen molar-refractivity contribution in [3.63, 3.8) is 0 Å². The number of ether oxygens (including phenoxy) is 2. The van der Waals surface area contributed by atoms with E-state index in [-0.39, 0.29) is 11.8 Å². The molecule has 0 aliphatic carbocycles. The molecule has 0 saturated carbocycles. The minimum absolute atomic E-state index is 0.0188. The Morgan fingerprint density at radius 1 is 1.19 bits per heavy atom. The minimum atomic E-state index is -0.925. The summed E-state index contributed by atoms with van der Waals surface area (Å²) in [4.78, 5) is 27.1. The van der Waals surface area contributed by atoms with Crippen molar-refractivity contribution in [2.45, 2.75) is 39.2 Å². The summed E-state index contributed by atoms with van der Waals surface area (Å²) in [6.45, 7) is 7.56. The lowest BCUT2D eigenvalue weighted by molar-refractivity contribution is -0.126. The quantitative estimate of drug-likeness (QED) is 0.839. The summed E-state index contributed by atoms with van der Waals surface area (Å²) in [7, 11) is 0. The molecule has 2 amide bonds. The van der Waals surface area contributed by atoms with Gasteiger partial charge in [-0.05, 0) is 31.0 Å². The fraction of sp³-hybridized carbons (Fsp3) is 0.579. The number of amides is 2. The molecule has 7 nitrogen and oxygen atoms in total. The van der Waals surface area contributed by atoms with Crippen molar-refractivity contribution >= 4 is 23.2 Å². The van der Waals surface area contributed by atoms with E-state index in [1.165, 1.54) is 0 Å². The van der Waals surface area contributed by atoms with Crippen LogP contribution in [0.4, 0.5) is 11.4 Å². The van der Waals surface area contributed by atoms with Crippen LogP contribution in [0.15, 0.2) is 18.2 Å². The van der Waals surface area contributed by atoms with E-state index in [1.807, 2.05) is 20.8 Å². The number of carbonyl (C=O) groups is 2. The molecule has 0 aromatic heterocycles. The molecule has 0 spiro atoms. The van der Waals surface area contributed by atoms with Crippen LogP contribution < -0.4 is 20.7 Å². The summed E-state index contributed by atoms with van der Waals surface area (Å²) in [5.74, 6) is 0.428. The van der Waals surface area contributed by atoms with E-state index in [1.54, 1.807) is 23.1 Å². The summed E-state index contributed by atoms with van der Waals surface area (Å²) in [5.41, 5.74) is 6.08. The largest absolute Gasteiger partial charge is 0.490 e. The molecule has 0 unspecified atom stereocenters. The highest BCUT2D eigenvalue weighted by Crippen LogP contribution is 2.36. The first-order chi connectivity index (χ1) is 12.2. The van der Waals surface area contributed by atoms with Crippen molar-refractivity contribution < 1.29 is 19.1 Å². The number of nitrogens with one attached hydrogen (secondary N) is 1. The Morgan fingerprint density at radius 2 is 1.88 bits per heavy atom. The number of anilines is 2. The number of rotatable bonds is 2. The third-order valence-electron chi connectivity index (χ3n) is 4.80. The lowest BCUT2D eigenvalue weighted by atomic mass is 9.90. The molecule has 1 fully saturated rings. The van der Waals surface area contributed by atoms with Gasteiger partial charge in [0.25, 0.3) is 0 Å². The van der Waals surface area contributed by atoms with Crippen molar-refractivity contribution in [1.82, 2.24) is 0 Å². The van der Waals surface area contributed by atoms with Gasteiger partial charge in [-0.3, -0.25) is 9.59 Å². The summed E-state index contributed by atoms with van der Waals surface area (Å²) in [6, 6.07) is 5.32. The van der Waals surface area contributed by atoms with E-state index in [2.05, 4.69) is 5.32 Å². The lowest BCUT2D eigenvalue weighted by Crippen LogP contribution is -2.54. The van der Waals surface area contributed by atoms with Crippen molar-refractivity contribution in [3.05, 3.63) is 18.2 Å². The Hall–Kier alpha value is -2.12. The van der Waals surface area contributed by atoms with Gasteiger partial charge in [0.15, 0.2) is 0 Å². The van der Waals surface area contributed by atoms with E-state index in [0.717, 1.165) is 0 Å². The lowest BCUT2D eigenvalue weighted by Gasteiger charge is -2.34. The second-order valence-corrected chi connectivity index (χ2v) is 7.96. The minimum Gasteiger partial charge on any atom is -0.490 e. The van der Waals surface area contributed by atoms with Crippen LogP contribution in [0.5, 0.6) is 5.75 Å². The van der Waals surface area contributed by atoms with Gasteiger partial charge in [0.05, 0.1) is 12.2 Å². The normalized spacial score (nSPS) is 19.3. The van der Waals surface area contributed by atoms with Crippen LogP contribution >= 0.6 is 0 Å². The van der Waals surface area contributed by atoms with Gasteiger partial charge < -0.3 is 25.4 Å². The van der Waals surface area contributed by atoms with Gasteiger partial charge in [-0.1, -0.05) is 20.8 Å². The maximum atomic E-state index is 12.8. The van der Waals surface area contributed by atoms with Crippen LogP contribution in [0.25, 0.3) is 0 Å². The standard InChI is InChI=1S/C19H27N3O4/c1-18(2,3)17(24)22-8-11-26-15-5-4-13(12-14(15)22)21-16(23)19(20)6-9-25-10-7-19/h4-5,12H,6-11,20H2,1-3H3,(H,21,23). The number of nitrogens with zero attached hydrogens (tertiary/aromatic N) is 1. The Balaban J connectivity index is 1.83. The highest BCUT2D eigenvalue weighted by atomic mass is 16.5. The number of nitrogens with two attached hydrogens (primary N) is 1. The molecule has 0 atom stereocenters. The first-order valence-electron chi connectivity index (χ1n) is 8.98. The monoisotopic (exact) mass is 361 g/mol. The van der Waals surface area contributed by atoms with Crippen molar-refractivity contribution in [2.75, 3.05) is 36.6 Å². The SMILES string of the molecule is CC(C)(C)C(=O)N1CCOc2ccc(NC(=O)C3(N)CCOCC3)cc21. The molecule has 1 aromatic carbocycles. The van der Waals surface area contributed by atoms with Crippen molar-refractivity contribution in [1.29, 1.82) is 0 Å². The first-order valence-corrected chi connectivity index (χ1v) is 8.98. The highest BCUT2D eigenvalue weighted by molar-refractivity contribution is 6.01. The first kappa shape index (κ1) is 18.7. The second kappa shape index (κ2) is 6.89. The van der Waals surface area contributed by atoms with Crippen LogP contribution in [-0.4, -0.2) is 43.7 Å². The molecule has 0 bridgehead atoms. The maximum absolute atomic E-state index is 12.8. The zero-order valence-electron chi connectivity index (χ0n) is 15.6. The molecule has 2 heterocycles. The molecule has 7 heteroatoms. The Kier molecular flexibility index (Phi) is 4.94. The molecule has 2 aliphatic rings. The predicted octanol–water partition coefficient (Wildman–Crippen LogP) is 1.90. The number of benzene rings is 1. The molecule has 3 N–H and O–H groups in total. The fourth-order valence-electron chi connectivity index (χ4n) is 3.13. The molecule has 3 rings (SSSR count). The van der Waals surface area contributed by atoms with Gasteiger partial charge in [0.2, 0.25) is 11.8 Å². The summed E-state index contributed by atoms with van der Waals surface area (Å²) < 4.78 is 11.0. The van der Waals surface area contributed by atoms with Crippen LogP contribution in [0, 0.1) is 5.41 Å². The van der Waals surface area contributed by atoms with Crippen LogP contribution in [0.3, 0.4) is 0 Å². The summed E-state index contributed by atoms with van der Waals surface area (Å²) in [5, 5.41) is 2.89. The predicted molar refractivity (Wildman–Crippen MR) is 99.3 cm³/mol. The highest BCUT2D eigenvalue weighted by Gasteiger charge is 2.36. The van der Waals surface area contributed by atoms with Crippen molar-refractivity contribution in [2.24, 2.45) is 11.1 Å². The van der Waals surface area contributed by atoms with E-state index >= 15 is 0 Å². The van der Waals surface area contributed by atoms with E-state index in [0.29, 0.717) is 56.3 Å².